The van der Waals surface area contributed by atoms with Crippen LogP contribution in [0.2, 0.25) is 5.02 Å². The van der Waals surface area contributed by atoms with E-state index in [4.69, 9.17) is 11.6 Å². The van der Waals surface area contributed by atoms with E-state index in [0.29, 0.717) is 6.04 Å². The Morgan fingerprint density at radius 3 is 2.57 bits per heavy atom. The minimum atomic E-state index is 0.455. The van der Waals surface area contributed by atoms with Gasteiger partial charge in [-0.25, -0.2) is 0 Å². The van der Waals surface area contributed by atoms with Crippen LogP contribution in [0.1, 0.15) is 16.7 Å². The smallest absolute Gasteiger partial charge is 0.0417 e. The van der Waals surface area contributed by atoms with E-state index >= 15 is 0 Å². The van der Waals surface area contributed by atoms with Crippen LogP contribution in [0.5, 0.6) is 0 Å². The summed E-state index contributed by atoms with van der Waals surface area (Å²) in [6.45, 7) is 4.33. The fraction of sp³-hybridized carbons (Fsp3) is 0.333. The van der Waals surface area contributed by atoms with Crippen molar-refractivity contribution in [2.45, 2.75) is 31.2 Å². The Bertz CT molecular complexity index is 598. The Balaban J connectivity index is 1.95. The summed E-state index contributed by atoms with van der Waals surface area (Å²) in [5.74, 6) is 1.03. The van der Waals surface area contributed by atoms with E-state index < -0.39 is 0 Å². The molecule has 1 N–H and O–H groups in total. The van der Waals surface area contributed by atoms with Crippen molar-refractivity contribution >= 4 is 23.4 Å². The number of nitrogens with one attached hydrogen (secondary N) is 1. The molecule has 0 saturated carbocycles. The monoisotopic (exact) mass is 319 g/mol. The zero-order valence-corrected chi connectivity index (χ0v) is 14.4. The first-order chi connectivity index (χ1) is 10.1. The van der Waals surface area contributed by atoms with Gasteiger partial charge in [-0.1, -0.05) is 35.9 Å². The zero-order valence-electron chi connectivity index (χ0n) is 12.8. The summed E-state index contributed by atoms with van der Waals surface area (Å²) in [7, 11) is 2.03. The average molecular weight is 320 g/mol. The first-order valence-corrected chi connectivity index (χ1v) is 8.56. The van der Waals surface area contributed by atoms with Gasteiger partial charge >= 0.3 is 0 Å². The van der Waals surface area contributed by atoms with Crippen LogP contribution in [0.25, 0.3) is 0 Å². The largest absolute Gasteiger partial charge is 0.316 e. The molecule has 0 aliphatic heterocycles. The van der Waals surface area contributed by atoms with Crippen LogP contribution in [0.4, 0.5) is 0 Å². The van der Waals surface area contributed by atoms with Gasteiger partial charge in [-0.15, -0.1) is 11.8 Å². The highest BCUT2D eigenvalue weighted by molar-refractivity contribution is 7.99. The second-order valence-electron chi connectivity index (χ2n) is 5.38. The SMILES string of the molecule is CNC(CSc1cccc(Cl)c1)Cc1ccc(C)c(C)c1. The highest BCUT2D eigenvalue weighted by Gasteiger charge is 2.09. The molecule has 0 aliphatic carbocycles. The molecular formula is C18H22ClNS. The molecule has 112 valence electrons. The first kappa shape index (κ1) is 16.4. The maximum atomic E-state index is 6.03. The molecule has 1 nitrogen and oxygen atoms in total. The van der Waals surface area contributed by atoms with E-state index in [1.807, 2.05) is 37.0 Å². The summed E-state index contributed by atoms with van der Waals surface area (Å²) in [5, 5.41) is 4.22. The normalized spacial score (nSPS) is 12.4. The molecule has 0 radical (unpaired) electrons. The van der Waals surface area contributed by atoms with Crippen LogP contribution in [0.3, 0.4) is 0 Å². The molecule has 2 rings (SSSR count). The Kier molecular flexibility index (Phi) is 6.16. The third-order valence-electron chi connectivity index (χ3n) is 3.71. The van der Waals surface area contributed by atoms with Crippen molar-refractivity contribution in [2.75, 3.05) is 12.8 Å². The summed E-state index contributed by atoms with van der Waals surface area (Å²) < 4.78 is 0. The van der Waals surface area contributed by atoms with Gasteiger partial charge in [-0.05, 0) is 62.2 Å². The van der Waals surface area contributed by atoms with Crippen LogP contribution in [-0.2, 0) is 6.42 Å². The number of hydrogen-bond donors (Lipinski definition) is 1. The molecule has 1 unspecified atom stereocenters. The van der Waals surface area contributed by atoms with Gasteiger partial charge in [0.1, 0.15) is 0 Å². The minimum absolute atomic E-state index is 0.455. The second kappa shape index (κ2) is 7.88. The summed E-state index contributed by atoms with van der Waals surface area (Å²) in [6, 6.07) is 15.2. The van der Waals surface area contributed by atoms with Gasteiger partial charge in [0, 0.05) is 21.7 Å². The van der Waals surface area contributed by atoms with E-state index in [1.54, 1.807) is 0 Å². The molecule has 0 spiro atoms. The van der Waals surface area contributed by atoms with Crippen molar-refractivity contribution in [3.63, 3.8) is 0 Å². The van der Waals surface area contributed by atoms with Gasteiger partial charge in [-0.3, -0.25) is 0 Å². The molecule has 0 amide bonds. The van der Waals surface area contributed by atoms with E-state index in [0.717, 1.165) is 17.2 Å². The summed E-state index contributed by atoms with van der Waals surface area (Å²) >= 11 is 7.87. The number of halogens is 1. The quantitative estimate of drug-likeness (QED) is 0.762. The number of likely N-dealkylation sites (N-methyl/N-ethyl adjacent to an activating group) is 1. The number of hydrogen-bond acceptors (Lipinski definition) is 2. The lowest BCUT2D eigenvalue weighted by Crippen LogP contribution is -2.30. The Morgan fingerprint density at radius 1 is 1.10 bits per heavy atom. The van der Waals surface area contributed by atoms with Crippen LogP contribution >= 0.6 is 23.4 Å². The molecule has 0 aliphatic rings. The lowest BCUT2D eigenvalue weighted by molar-refractivity contribution is 0.617. The number of aryl methyl sites for hydroxylation is 2. The third kappa shape index (κ3) is 5.06. The highest BCUT2D eigenvalue weighted by atomic mass is 35.5. The molecule has 0 bridgehead atoms. The summed E-state index contributed by atoms with van der Waals surface area (Å²) in [4.78, 5) is 1.22. The lowest BCUT2D eigenvalue weighted by Gasteiger charge is -2.16. The summed E-state index contributed by atoms with van der Waals surface area (Å²) in [6.07, 6.45) is 1.05. The van der Waals surface area contributed by atoms with Crippen LogP contribution in [0, 0.1) is 13.8 Å². The highest BCUT2D eigenvalue weighted by Crippen LogP contribution is 2.23. The zero-order chi connectivity index (χ0) is 15.2. The lowest BCUT2D eigenvalue weighted by atomic mass is 10.0. The van der Waals surface area contributed by atoms with Crippen molar-refractivity contribution in [2.24, 2.45) is 0 Å². The van der Waals surface area contributed by atoms with Gasteiger partial charge in [0.2, 0.25) is 0 Å². The van der Waals surface area contributed by atoms with Gasteiger partial charge in [0.15, 0.2) is 0 Å². The predicted octanol–water partition coefficient (Wildman–Crippen LogP) is 4.88. The predicted molar refractivity (Wildman–Crippen MR) is 94.6 cm³/mol. The van der Waals surface area contributed by atoms with Crippen molar-refractivity contribution in [1.29, 1.82) is 0 Å². The van der Waals surface area contributed by atoms with Gasteiger partial charge in [-0.2, -0.15) is 0 Å². The standard InChI is InChI=1S/C18H22ClNS/c1-13-7-8-15(9-14(13)2)10-17(20-3)12-21-18-6-4-5-16(19)11-18/h4-9,11,17,20H,10,12H2,1-3H3. The van der Waals surface area contributed by atoms with Crippen molar-refractivity contribution < 1.29 is 0 Å². The van der Waals surface area contributed by atoms with E-state index in [-0.39, 0.29) is 0 Å². The second-order valence-corrected chi connectivity index (χ2v) is 6.91. The minimum Gasteiger partial charge on any atom is -0.316 e. The molecule has 0 saturated heterocycles. The number of thioether (sulfide) groups is 1. The van der Waals surface area contributed by atoms with E-state index in [9.17, 15) is 0 Å². The molecular weight excluding hydrogens is 298 g/mol. The topological polar surface area (TPSA) is 12.0 Å². The molecule has 21 heavy (non-hydrogen) atoms. The Morgan fingerprint density at radius 2 is 1.90 bits per heavy atom. The fourth-order valence-corrected chi connectivity index (χ4v) is 3.53. The first-order valence-electron chi connectivity index (χ1n) is 7.20. The number of rotatable bonds is 6. The Hall–Kier alpha value is -0.960. The summed E-state index contributed by atoms with van der Waals surface area (Å²) in [5.41, 5.74) is 4.11. The van der Waals surface area contributed by atoms with Crippen LogP contribution in [0.15, 0.2) is 47.4 Å². The average Bonchev–Trinajstić information content (AvgIpc) is 2.47. The van der Waals surface area contributed by atoms with Crippen molar-refractivity contribution in [1.82, 2.24) is 5.32 Å². The van der Waals surface area contributed by atoms with Crippen molar-refractivity contribution in [3.05, 3.63) is 64.2 Å². The molecule has 2 aromatic carbocycles. The maximum absolute atomic E-state index is 6.03. The van der Waals surface area contributed by atoms with E-state index in [2.05, 4.69) is 43.4 Å². The maximum Gasteiger partial charge on any atom is 0.0417 e. The number of benzene rings is 2. The molecule has 3 heteroatoms. The fourth-order valence-electron chi connectivity index (χ4n) is 2.21. The molecule has 2 aromatic rings. The molecule has 1 atom stereocenters. The van der Waals surface area contributed by atoms with Crippen molar-refractivity contribution in [3.8, 4) is 0 Å². The van der Waals surface area contributed by atoms with E-state index in [1.165, 1.54) is 21.6 Å². The molecule has 0 fully saturated rings. The Labute approximate surface area is 137 Å². The van der Waals surface area contributed by atoms with Crippen LogP contribution < -0.4 is 5.32 Å². The third-order valence-corrected chi connectivity index (χ3v) is 5.10. The molecule has 0 aromatic heterocycles. The van der Waals surface area contributed by atoms with Crippen LogP contribution in [-0.4, -0.2) is 18.8 Å². The van der Waals surface area contributed by atoms with Gasteiger partial charge < -0.3 is 5.32 Å². The molecule has 0 heterocycles. The van der Waals surface area contributed by atoms with Gasteiger partial charge in [0.25, 0.3) is 0 Å². The van der Waals surface area contributed by atoms with Gasteiger partial charge in [0.05, 0.1) is 0 Å².